The minimum absolute atomic E-state index is 0.0293. The average molecular weight is 413 g/mol. The fourth-order valence-corrected chi connectivity index (χ4v) is 4.30. The number of ether oxygens (including phenoxy) is 3. The number of hydrogen-bond acceptors (Lipinski definition) is 6. The lowest BCUT2D eigenvalue weighted by Gasteiger charge is -2.23. The Balaban J connectivity index is 1.55. The van der Waals surface area contributed by atoms with Gasteiger partial charge in [-0.15, -0.1) is 0 Å². The first-order valence-electron chi connectivity index (χ1n) is 9.86. The average Bonchev–Trinajstić information content (AvgIpc) is 3.40. The number of hydrogen-bond donors (Lipinski definition) is 0. The SMILES string of the molecule is CCOc1ccc2nc(N(CC3CCCO3)C(=O)COc3ccccc3)sc2c1. The van der Waals surface area contributed by atoms with Gasteiger partial charge < -0.3 is 14.2 Å². The summed E-state index contributed by atoms with van der Waals surface area (Å²) in [6, 6.07) is 15.1. The molecule has 4 rings (SSSR count). The topological polar surface area (TPSA) is 60.9 Å². The predicted octanol–water partition coefficient (Wildman–Crippen LogP) is 4.29. The summed E-state index contributed by atoms with van der Waals surface area (Å²) in [5.41, 5.74) is 0.850. The highest BCUT2D eigenvalue weighted by Gasteiger charge is 2.26. The highest BCUT2D eigenvalue weighted by atomic mass is 32.1. The number of thiazole rings is 1. The molecule has 1 aromatic heterocycles. The van der Waals surface area contributed by atoms with E-state index in [2.05, 4.69) is 4.98 Å². The smallest absolute Gasteiger partial charge is 0.266 e. The van der Waals surface area contributed by atoms with E-state index < -0.39 is 0 Å². The summed E-state index contributed by atoms with van der Waals surface area (Å²) in [6.45, 7) is 3.74. The first-order valence-corrected chi connectivity index (χ1v) is 10.7. The highest BCUT2D eigenvalue weighted by Crippen LogP contribution is 2.32. The van der Waals surface area contributed by atoms with Gasteiger partial charge in [-0.2, -0.15) is 0 Å². The van der Waals surface area contributed by atoms with Crippen LogP contribution in [0.4, 0.5) is 5.13 Å². The van der Waals surface area contributed by atoms with Crippen LogP contribution < -0.4 is 14.4 Å². The van der Waals surface area contributed by atoms with E-state index in [4.69, 9.17) is 14.2 Å². The summed E-state index contributed by atoms with van der Waals surface area (Å²) < 4.78 is 18.0. The second-order valence-electron chi connectivity index (χ2n) is 6.80. The summed E-state index contributed by atoms with van der Waals surface area (Å²) in [4.78, 5) is 19.4. The third kappa shape index (κ3) is 4.86. The van der Waals surface area contributed by atoms with E-state index in [9.17, 15) is 4.79 Å². The molecule has 1 aliphatic rings. The maximum absolute atomic E-state index is 13.0. The molecule has 1 aliphatic heterocycles. The third-order valence-corrected chi connectivity index (χ3v) is 5.75. The summed E-state index contributed by atoms with van der Waals surface area (Å²) in [5.74, 6) is 1.34. The first-order chi connectivity index (χ1) is 14.2. The Hall–Kier alpha value is -2.64. The van der Waals surface area contributed by atoms with Crippen LogP contribution >= 0.6 is 11.3 Å². The molecule has 7 heteroatoms. The number of benzene rings is 2. The van der Waals surface area contributed by atoms with E-state index in [1.165, 1.54) is 11.3 Å². The van der Waals surface area contributed by atoms with Crippen LogP contribution in [0.15, 0.2) is 48.5 Å². The molecular formula is C22H24N2O4S. The molecule has 3 aromatic rings. The number of aromatic nitrogens is 1. The number of para-hydroxylation sites is 1. The van der Waals surface area contributed by atoms with Gasteiger partial charge in [-0.1, -0.05) is 29.5 Å². The second kappa shape index (κ2) is 9.24. The minimum atomic E-state index is -0.131. The van der Waals surface area contributed by atoms with Crippen molar-refractivity contribution in [2.24, 2.45) is 0 Å². The van der Waals surface area contributed by atoms with Crippen molar-refractivity contribution in [3.63, 3.8) is 0 Å². The van der Waals surface area contributed by atoms with Crippen LogP contribution in [0.25, 0.3) is 10.2 Å². The molecule has 2 heterocycles. The van der Waals surface area contributed by atoms with Crippen LogP contribution in [-0.2, 0) is 9.53 Å². The van der Waals surface area contributed by atoms with Crippen molar-refractivity contribution in [3.05, 3.63) is 48.5 Å². The molecule has 2 aromatic carbocycles. The molecule has 1 amide bonds. The zero-order valence-electron chi connectivity index (χ0n) is 16.4. The van der Waals surface area contributed by atoms with Crippen molar-refractivity contribution in [1.29, 1.82) is 0 Å². The maximum Gasteiger partial charge on any atom is 0.266 e. The van der Waals surface area contributed by atoms with Gasteiger partial charge >= 0.3 is 0 Å². The monoisotopic (exact) mass is 412 g/mol. The standard InChI is InChI=1S/C22H24N2O4S/c1-2-26-17-10-11-19-20(13-17)29-22(23-19)24(14-18-9-6-12-27-18)21(25)15-28-16-7-4-3-5-8-16/h3-5,7-8,10-11,13,18H,2,6,9,12,14-15H2,1H3. The van der Waals surface area contributed by atoms with Crippen LogP contribution in [0.1, 0.15) is 19.8 Å². The van der Waals surface area contributed by atoms with Crippen molar-refractivity contribution < 1.29 is 19.0 Å². The van der Waals surface area contributed by atoms with E-state index in [0.717, 1.165) is 35.4 Å². The van der Waals surface area contributed by atoms with Gasteiger partial charge in [0, 0.05) is 6.61 Å². The number of carbonyl (C=O) groups is 1. The Kier molecular flexibility index (Phi) is 6.27. The van der Waals surface area contributed by atoms with Gasteiger partial charge in [0.05, 0.1) is 29.5 Å². The lowest BCUT2D eigenvalue weighted by molar-refractivity contribution is -0.120. The van der Waals surface area contributed by atoms with Crippen LogP contribution in [-0.4, -0.2) is 43.4 Å². The summed E-state index contributed by atoms with van der Waals surface area (Å²) >= 11 is 1.48. The van der Waals surface area contributed by atoms with Gasteiger partial charge in [-0.3, -0.25) is 9.69 Å². The zero-order valence-corrected chi connectivity index (χ0v) is 17.2. The number of anilines is 1. The Labute approximate surface area is 174 Å². The Morgan fingerprint density at radius 2 is 2.07 bits per heavy atom. The lowest BCUT2D eigenvalue weighted by atomic mass is 10.2. The zero-order chi connectivity index (χ0) is 20.1. The molecule has 0 radical (unpaired) electrons. The number of rotatable bonds is 8. The largest absolute Gasteiger partial charge is 0.494 e. The molecule has 0 saturated carbocycles. The molecule has 1 unspecified atom stereocenters. The highest BCUT2D eigenvalue weighted by molar-refractivity contribution is 7.22. The first kappa shape index (κ1) is 19.7. The molecule has 0 N–H and O–H groups in total. The Morgan fingerprint density at radius 1 is 1.21 bits per heavy atom. The van der Waals surface area contributed by atoms with Crippen LogP contribution in [0.5, 0.6) is 11.5 Å². The van der Waals surface area contributed by atoms with Crippen molar-refractivity contribution in [2.45, 2.75) is 25.9 Å². The van der Waals surface area contributed by atoms with Gasteiger partial charge in [0.2, 0.25) is 0 Å². The number of nitrogens with zero attached hydrogens (tertiary/aromatic N) is 2. The third-order valence-electron chi connectivity index (χ3n) is 4.71. The maximum atomic E-state index is 13.0. The van der Waals surface area contributed by atoms with Gasteiger partial charge in [-0.25, -0.2) is 4.98 Å². The normalized spacial score (nSPS) is 16.1. The van der Waals surface area contributed by atoms with Gasteiger partial charge in [0.15, 0.2) is 11.7 Å². The van der Waals surface area contributed by atoms with Gasteiger partial charge in [0.1, 0.15) is 11.5 Å². The van der Waals surface area contributed by atoms with E-state index in [-0.39, 0.29) is 18.6 Å². The molecule has 0 aliphatic carbocycles. The van der Waals surface area contributed by atoms with Gasteiger partial charge in [0.25, 0.3) is 5.91 Å². The Morgan fingerprint density at radius 3 is 2.83 bits per heavy atom. The summed E-state index contributed by atoms with van der Waals surface area (Å²) in [7, 11) is 0. The van der Waals surface area contributed by atoms with E-state index in [1.54, 1.807) is 4.90 Å². The van der Waals surface area contributed by atoms with Crippen molar-refractivity contribution in [1.82, 2.24) is 4.98 Å². The van der Waals surface area contributed by atoms with Crippen LogP contribution in [0.2, 0.25) is 0 Å². The van der Waals surface area contributed by atoms with Crippen LogP contribution in [0.3, 0.4) is 0 Å². The van der Waals surface area contributed by atoms with Crippen molar-refractivity contribution in [2.75, 3.05) is 31.3 Å². The molecule has 29 heavy (non-hydrogen) atoms. The second-order valence-corrected chi connectivity index (χ2v) is 7.81. The number of carbonyl (C=O) groups excluding carboxylic acids is 1. The minimum Gasteiger partial charge on any atom is -0.494 e. The predicted molar refractivity (Wildman–Crippen MR) is 114 cm³/mol. The molecular weight excluding hydrogens is 388 g/mol. The molecule has 6 nitrogen and oxygen atoms in total. The van der Waals surface area contributed by atoms with E-state index in [0.29, 0.717) is 24.0 Å². The van der Waals surface area contributed by atoms with E-state index >= 15 is 0 Å². The quantitative estimate of drug-likeness (QED) is 0.552. The van der Waals surface area contributed by atoms with Gasteiger partial charge in [-0.05, 0) is 50.1 Å². The molecule has 0 spiro atoms. The fourth-order valence-electron chi connectivity index (χ4n) is 3.28. The summed E-state index contributed by atoms with van der Waals surface area (Å²) in [6.07, 6.45) is 2.00. The number of amides is 1. The molecule has 1 atom stereocenters. The fraction of sp³-hybridized carbons (Fsp3) is 0.364. The van der Waals surface area contributed by atoms with E-state index in [1.807, 2.05) is 55.5 Å². The molecule has 0 bridgehead atoms. The Bertz CT molecular complexity index is 954. The molecule has 152 valence electrons. The molecule has 1 fully saturated rings. The molecule has 1 saturated heterocycles. The lowest BCUT2D eigenvalue weighted by Crippen LogP contribution is -2.40. The summed E-state index contributed by atoms with van der Waals surface area (Å²) in [5, 5.41) is 0.658. The van der Waals surface area contributed by atoms with Crippen LogP contribution in [0, 0.1) is 0 Å². The van der Waals surface area contributed by atoms with Crippen molar-refractivity contribution in [3.8, 4) is 11.5 Å². The number of fused-ring (bicyclic) bond motifs is 1. The van der Waals surface area contributed by atoms with Crippen molar-refractivity contribution >= 4 is 32.6 Å².